The number of sulfonamides is 1. The summed E-state index contributed by atoms with van der Waals surface area (Å²) in [6.07, 6.45) is 7.01. The molecule has 0 heterocycles. The van der Waals surface area contributed by atoms with Gasteiger partial charge in [0.15, 0.2) is 0 Å². The molecule has 3 rings (SSSR count). The Balaban J connectivity index is 1.74. The third-order valence-corrected chi connectivity index (χ3v) is 8.82. The normalized spacial score (nSPS) is 15.1. The molecule has 1 fully saturated rings. The van der Waals surface area contributed by atoms with Crippen LogP contribution in [0.5, 0.6) is 0 Å². The van der Waals surface area contributed by atoms with E-state index in [9.17, 15) is 18.0 Å². The van der Waals surface area contributed by atoms with Crippen molar-refractivity contribution in [2.75, 3.05) is 17.1 Å². The van der Waals surface area contributed by atoms with Gasteiger partial charge in [-0.3, -0.25) is 13.9 Å². The van der Waals surface area contributed by atoms with Gasteiger partial charge in [0.05, 0.1) is 11.9 Å². The molecule has 0 radical (unpaired) electrons. The van der Waals surface area contributed by atoms with Gasteiger partial charge in [-0.2, -0.15) is 0 Å². The van der Waals surface area contributed by atoms with E-state index in [1.807, 2.05) is 56.3 Å². The SMILES string of the molecule is Cc1ccc(C)c(N(CCCC(=O)N(Cc2cccc(Br)c2)C(C)C(=O)NC2CCCCC2)S(C)(=O)=O)c1. The second-order valence-electron chi connectivity index (χ2n) is 10.4. The lowest BCUT2D eigenvalue weighted by atomic mass is 9.95. The maximum atomic E-state index is 13.5. The van der Waals surface area contributed by atoms with Crippen LogP contribution in [-0.4, -0.2) is 50.0 Å². The first-order valence-electron chi connectivity index (χ1n) is 13.3. The third-order valence-electron chi connectivity index (χ3n) is 7.15. The van der Waals surface area contributed by atoms with Crippen molar-refractivity contribution in [2.24, 2.45) is 0 Å². The summed E-state index contributed by atoms with van der Waals surface area (Å²) in [5, 5.41) is 3.15. The van der Waals surface area contributed by atoms with E-state index in [0.29, 0.717) is 18.7 Å². The molecule has 2 aromatic rings. The van der Waals surface area contributed by atoms with Crippen molar-refractivity contribution >= 4 is 43.5 Å². The van der Waals surface area contributed by atoms with Gasteiger partial charge in [0.1, 0.15) is 6.04 Å². The summed E-state index contributed by atoms with van der Waals surface area (Å²) in [5.74, 6) is -0.320. The van der Waals surface area contributed by atoms with Crippen LogP contribution in [0.4, 0.5) is 5.69 Å². The fourth-order valence-corrected chi connectivity index (χ4v) is 6.42. The topological polar surface area (TPSA) is 86.8 Å². The molecule has 0 aromatic heterocycles. The van der Waals surface area contributed by atoms with Crippen LogP contribution in [0.3, 0.4) is 0 Å². The number of hydrogen-bond donors (Lipinski definition) is 1. The summed E-state index contributed by atoms with van der Waals surface area (Å²) in [6.45, 7) is 6.05. The van der Waals surface area contributed by atoms with Crippen molar-refractivity contribution in [3.8, 4) is 0 Å². The van der Waals surface area contributed by atoms with Crippen molar-refractivity contribution in [3.63, 3.8) is 0 Å². The van der Waals surface area contributed by atoms with E-state index in [1.54, 1.807) is 11.8 Å². The molecule has 0 spiro atoms. The van der Waals surface area contributed by atoms with Gasteiger partial charge in [-0.25, -0.2) is 8.42 Å². The van der Waals surface area contributed by atoms with Crippen LogP contribution >= 0.6 is 15.9 Å². The van der Waals surface area contributed by atoms with Gasteiger partial charge in [0.2, 0.25) is 21.8 Å². The molecule has 7 nitrogen and oxygen atoms in total. The van der Waals surface area contributed by atoms with Gasteiger partial charge in [-0.05, 0) is 74.9 Å². The molecule has 2 aromatic carbocycles. The Morgan fingerprint density at radius 3 is 2.45 bits per heavy atom. The molecule has 1 aliphatic rings. The zero-order valence-corrected chi connectivity index (χ0v) is 25.3. The number of amides is 2. The minimum atomic E-state index is -3.54. The van der Waals surface area contributed by atoms with Crippen molar-refractivity contribution in [2.45, 2.75) is 84.3 Å². The summed E-state index contributed by atoms with van der Waals surface area (Å²) in [6, 6.07) is 12.9. The van der Waals surface area contributed by atoms with E-state index in [1.165, 1.54) is 17.0 Å². The van der Waals surface area contributed by atoms with Gasteiger partial charge in [0, 0.05) is 30.0 Å². The van der Waals surface area contributed by atoms with Gasteiger partial charge in [0.25, 0.3) is 0 Å². The Kier molecular flexibility index (Phi) is 10.8. The van der Waals surface area contributed by atoms with E-state index in [2.05, 4.69) is 21.2 Å². The van der Waals surface area contributed by atoms with Crippen LogP contribution in [0.1, 0.15) is 68.6 Å². The number of anilines is 1. The number of halogens is 1. The van der Waals surface area contributed by atoms with E-state index in [-0.39, 0.29) is 30.8 Å². The first kappa shape index (κ1) is 30.2. The lowest BCUT2D eigenvalue weighted by Gasteiger charge is -2.31. The molecule has 1 aliphatic carbocycles. The molecule has 1 N–H and O–H groups in total. The van der Waals surface area contributed by atoms with Crippen LogP contribution in [0.15, 0.2) is 46.9 Å². The monoisotopic (exact) mass is 605 g/mol. The van der Waals surface area contributed by atoms with Crippen LogP contribution in [0.25, 0.3) is 0 Å². The first-order valence-corrected chi connectivity index (χ1v) is 16.0. The Morgan fingerprint density at radius 1 is 1.08 bits per heavy atom. The smallest absolute Gasteiger partial charge is 0.242 e. The Hall–Kier alpha value is -2.39. The molecule has 208 valence electrons. The molecule has 38 heavy (non-hydrogen) atoms. The molecular formula is C29H40BrN3O4S. The van der Waals surface area contributed by atoms with Crippen molar-refractivity contribution in [1.82, 2.24) is 10.2 Å². The Morgan fingerprint density at radius 2 is 1.79 bits per heavy atom. The summed E-state index contributed by atoms with van der Waals surface area (Å²) in [5.41, 5.74) is 3.37. The average molecular weight is 607 g/mol. The standard InChI is InChI=1S/C29H40BrN3O4S/c1-21-15-16-22(2)27(18-21)33(38(4,36)37)17-9-14-28(34)32(20-24-10-8-11-25(30)19-24)23(3)29(35)31-26-12-6-5-7-13-26/h8,10-11,15-16,18-19,23,26H,5-7,9,12-14,17,20H2,1-4H3,(H,31,35). The van der Waals surface area contributed by atoms with Gasteiger partial charge in [-0.1, -0.05) is 59.5 Å². The Labute approximate surface area is 236 Å². The summed E-state index contributed by atoms with van der Waals surface area (Å²) in [7, 11) is -3.54. The largest absolute Gasteiger partial charge is 0.352 e. The molecule has 0 saturated heterocycles. The van der Waals surface area contributed by atoms with Crippen LogP contribution < -0.4 is 9.62 Å². The zero-order chi connectivity index (χ0) is 27.9. The minimum absolute atomic E-state index is 0.131. The van der Waals surface area contributed by atoms with Gasteiger partial charge < -0.3 is 10.2 Å². The molecule has 1 atom stereocenters. The van der Waals surface area contributed by atoms with Gasteiger partial charge >= 0.3 is 0 Å². The Bertz CT molecular complexity index is 1230. The molecule has 1 saturated carbocycles. The van der Waals surface area contributed by atoms with Crippen LogP contribution in [0.2, 0.25) is 0 Å². The number of benzene rings is 2. The fourth-order valence-electron chi connectivity index (χ4n) is 4.95. The number of rotatable bonds is 11. The number of hydrogen-bond acceptors (Lipinski definition) is 4. The van der Waals surface area contributed by atoms with Crippen molar-refractivity contribution < 1.29 is 18.0 Å². The third kappa shape index (κ3) is 8.56. The lowest BCUT2D eigenvalue weighted by Crippen LogP contribution is -2.50. The predicted molar refractivity (Wildman–Crippen MR) is 157 cm³/mol. The molecule has 9 heteroatoms. The van der Waals surface area contributed by atoms with E-state index < -0.39 is 16.1 Å². The summed E-state index contributed by atoms with van der Waals surface area (Å²) >= 11 is 3.49. The van der Waals surface area contributed by atoms with Crippen LogP contribution in [-0.2, 0) is 26.2 Å². The average Bonchev–Trinajstić information content (AvgIpc) is 2.86. The second-order valence-corrected chi connectivity index (χ2v) is 13.2. The second kappa shape index (κ2) is 13.6. The van der Waals surface area contributed by atoms with E-state index >= 15 is 0 Å². The van der Waals surface area contributed by atoms with Crippen LogP contribution in [0, 0.1) is 13.8 Å². The molecule has 2 amide bonds. The lowest BCUT2D eigenvalue weighted by molar-refractivity contribution is -0.141. The fraction of sp³-hybridized carbons (Fsp3) is 0.517. The highest BCUT2D eigenvalue weighted by atomic mass is 79.9. The molecule has 0 bridgehead atoms. The maximum absolute atomic E-state index is 13.5. The van der Waals surface area contributed by atoms with E-state index in [0.717, 1.165) is 46.8 Å². The summed E-state index contributed by atoms with van der Waals surface area (Å²) in [4.78, 5) is 28.3. The minimum Gasteiger partial charge on any atom is -0.352 e. The van der Waals surface area contributed by atoms with Crippen molar-refractivity contribution in [1.29, 1.82) is 0 Å². The molecule has 1 unspecified atom stereocenters. The zero-order valence-electron chi connectivity index (χ0n) is 22.9. The predicted octanol–water partition coefficient (Wildman–Crippen LogP) is 5.48. The van der Waals surface area contributed by atoms with Gasteiger partial charge in [-0.15, -0.1) is 0 Å². The highest BCUT2D eigenvalue weighted by Gasteiger charge is 2.28. The first-order chi connectivity index (χ1) is 18.0. The number of carbonyl (C=O) groups excluding carboxylic acids is 2. The number of nitrogens with one attached hydrogen (secondary N) is 1. The number of nitrogens with zero attached hydrogens (tertiary/aromatic N) is 2. The highest BCUT2D eigenvalue weighted by Crippen LogP contribution is 2.25. The quantitative estimate of drug-likeness (QED) is 0.367. The molecule has 0 aliphatic heterocycles. The highest BCUT2D eigenvalue weighted by molar-refractivity contribution is 9.10. The summed E-state index contributed by atoms with van der Waals surface area (Å²) < 4.78 is 27.6. The maximum Gasteiger partial charge on any atom is 0.242 e. The number of aryl methyl sites for hydroxylation is 2. The molecular weight excluding hydrogens is 566 g/mol. The van der Waals surface area contributed by atoms with Crippen molar-refractivity contribution in [3.05, 3.63) is 63.6 Å². The number of carbonyl (C=O) groups is 2. The van der Waals surface area contributed by atoms with E-state index in [4.69, 9.17) is 0 Å².